The Morgan fingerprint density at radius 3 is 1.86 bits per heavy atom. The standard InChI is InChI=1S/C21H37NO15/c1-6-11(26)12(27)14(29)20(33-6)36-17-9(5-24)34-19(31)10(22-7(2)25)18(17)37-21-15(30)13(28)16(32-3)8(4-23)35-21/h6,8-21,23-24,26-31H,4-5H2,1-3H3,(H,22,25)/t6-,8+,9+,10+,11+,12+,13+,14-,15+,16-,17+,18+,19?,20-,21-/m0/s1. The molecule has 0 aromatic heterocycles. The molecule has 1 unspecified atom stereocenters. The van der Waals surface area contributed by atoms with Gasteiger partial charge in [0.15, 0.2) is 18.9 Å². The molecule has 16 heteroatoms. The molecule has 3 heterocycles. The molecule has 0 bridgehead atoms. The Balaban J connectivity index is 1.93. The number of ether oxygens (including phenoxy) is 6. The van der Waals surface area contributed by atoms with Gasteiger partial charge in [0.2, 0.25) is 5.91 Å². The van der Waals surface area contributed by atoms with Crippen molar-refractivity contribution in [3.05, 3.63) is 0 Å². The third-order valence-electron chi connectivity index (χ3n) is 6.70. The van der Waals surface area contributed by atoms with E-state index in [4.69, 9.17) is 28.4 Å². The smallest absolute Gasteiger partial charge is 0.217 e. The fourth-order valence-electron chi connectivity index (χ4n) is 4.67. The van der Waals surface area contributed by atoms with Gasteiger partial charge < -0.3 is 74.6 Å². The highest BCUT2D eigenvalue weighted by Crippen LogP contribution is 2.33. The first-order valence-electron chi connectivity index (χ1n) is 11.8. The summed E-state index contributed by atoms with van der Waals surface area (Å²) in [4.78, 5) is 11.9. The SMILES string of the molecule is CO[C@@H]1[C@H](O)[C@@H](O)[C@H](O[C@H]2[C@H](O[C@@H]3O[C@@H](C)[C@@H](O)[C@@H](O)[C@@H]3O)[C@@H](CO)OC(O)[C@@H]2NC(C)=O)O[C@@H]1CO. The summed E-state index contributed by atoms with van der Waals surface area (Å²) in [5.41, 5.74) is 0. The molecule has 3 rings (SSSR count). The molecular weight excluding hydrogens is 506 g/mol. The summed E-state index contributed by atoms with van der Waals surface area (Å²) >= 11 is 0. The highest BCUT2D eigenvalue weighted by atomic mass is 16.8. The second-order valence-electron chi connectivity index (χ2n) is 9.26. The molecule has 0 saturated carbocycles. The number of amides is 1. The normalized spacial score (nSPS) is 49.0. The van der Waals surface area contributed by atoms with E-state index in [1.807, 2.05) is 0 Å². The van der Waals surface area contributed by atoms with E-state index < -0.39 is 111 Å². The largest absolute Gasteiger partial charge is 0.394 e. The maximum Gasteiger partial charge on any atom is 0.217 e. The molecule has 0 aromatic rings. The van der Waals surface area contributed by atoms with Crippen molar-refractivity contribution in [2.45, 2.75) is 106 Å². The minimum Gasteiger partial charge on any atom is -0.394 e. The van der Waals surface area contributed by atoms with Crippen LogP contribution in [0.4, 0.5) is 0 Å². The number of carbonyl (C=O) groups is 1. The molecule has 3 fully saturated rings. The molecule has 0 aliphatic carbocycles. The predicted molar refractivity (Wildman–Crippen MR) is 116 cm³/mol. The average molecular weight is 544 g/mol. The summed E-state index contributed by atoms with van der Waals surface area (Å²) in [6.07, 6.45) is -20.6. The maximum atomic E-state index is 11.9. The number of aliphatic hydroxyl groups excluding tert-OH is 8. The molecule has 37 heavy (non-hydrogen) atoms. The van der Waals surface area contributed by atoms with Crippen molar-refractivity contribution in [1.29, 1.82) is 0 Å². The quantitative estimate of drug-likeness (QED) is 0.138. The van der Waals surface area contributed by atoms with E-state index in [1.54, 1.807) is 0 Å². The van der Waals surface area contributed by atoms with E-state index in [0.29, 0.717) is 0 Å². The Labute approximate surface area is 212 Å². The third kappa shape index (κ3) is 6.39. The van der Waals surface area contributed by atoms with Gasteiger partial charge in [-0.2, -0.15) is 0 Å². The summed E-state index contributed by atoms with van der Waals surface area (Å²) in [5.74, 6) is -0.624. The van der Waals surface area contributed by atoms with Gasteiger partial charge in [-0.05, 0) is 6.92 Å². The maximum absolute atomic E-state index is 11.9. The van der Waals surface area contributed by atoms with Gasteiger partial charge in [0.25, 0.3) is 0 Å². The molecular formula is C21H37NO15. The number of carbonyl (C=O) groups excluding carboxylic acids is 1. The van der Waals surface area contributed by atoms with E-state index in [1.165, 1.54) is 14.0 Å². The van der Waals surface area contributed by atoms with Crippen molar-refractivity contribution in [2.75, 3.05) is 20.3 Å². The lowest BCUT2D eigenvalue weighted by Crippen LogP contribution is -2.69. The predicted octanol–water partition coefficient (Wildman–Crippen LogP) is -5.75. The number of hydrogen-bond donors (Lipinski definition) is 9. The van der Waals surface area contributed by atoms with Crippen molar-refractivity contribution >= 4 is 5.91 Å². The molecule has 3 saturated heterocycles. The zero-order chi connectivity index (χ0) is 27.6. The Hall–Kier alpha value is -1.09. The number of hydrogen-bond acceptors (Lipinski definition) is 15. The topological polar surface area (TPSA) is 246 Å². The van der Waals surface area contributed by atoms with Crippen LogP contribution in [-0.4, -0.2) is 159 Å². The van der Waals surface area contributed by atoms with E-state index in [2.05, 4.69) is 5.32 Å². The van der Waals surface area contributed by atoms with Crippen LogP contribution in [0.2, 0.25) is 0 Å². The highest BCUT2D eigenvalue weighted by molar-refractivity contribution is 5.73. The van der Waals surface area contributed by atoms with Crippen molar-refractivity contribution in [3.8, 4) is 0 Å². The molecule has 3 aliphatic heterocycles. The van der Waals surface area contributed by atoms with Gasteiger partial charge in [-0.15, -0.1) is 0 Å². The van der Waals surface area contributed by atoms with Crippen LogP contribution in [0, 0.1) is 0 Å². The van der Waals surface area contributed by atoms with Gasteiger partial charge >= 0.3 is 0 Å². The number of methoxy groups -OCH3 is 1. The average Bonchev–Trinajstić information content (AvgIpc) is 2.86. The van der Waals surface area contributed by atoms with Crippen LogP contribution in [0.5, 0.6) is 0 Å². The minimum atomic E-state index is -1.75. The van der Waals surface area contributed by atoms with Gasteiger partial charge in [0, 0.05) is 14.0 Å². The molecule has 0 aromatic carbocycles. The molecule has 216 valence electrons. The van der Waals surface area contributed by atoms with Crippen molar-refractivity contribution in [1.82, 2.24) is 5.32 Å². The Kier molecular flexibility index (Phi) is 10.6. The van der Waals surface area contributed by atoms with E-state index in [-0.39, 0.29) is 0 Å². The zero-order valence-corrected chi connectivity index (χ0v) is 20.5. The van der Waals surface area contributed by atoms with Gasteiger partial charge in [-0.25, -0.2) is 0 Å². The van der Waals surface area contributed by atoms with Crippen LogP contribution in [0.15, 0.2) is 0 Å². The van der Waals surface area contributed by atoms with Crippen molar-refractivity contribution in [3.63, 3.8) is 0 Å². The Morgan fingerprint density at radius 1 is 0.757 bits per heavy atom. The third-order valence-corrected chi connectivity index (χ3v) is 6.70. The molecule has 0 spiro atoms. The summed E-state index contributed by atoms with van der Waals surface area (Å²) < 4.78 is 33.2. The van der Waals surface area contributed by atoms with Crippen LogP contribution in [0.1, 0.15) is 13.8 Å². The van der Waals surface area contributed by atoms with Gasteiger partial charge in [-0.1, -0.05) is 0 Å². The van der Waals surface area contributed by atoms with Gasteiger partial charge in [-0.3, -0.25) is 4.79 Å². The van der Waals surface area contributed by atoms with Crippen LogP contribution in [-0.2, 0) is 33.2 Å². The van der Waals surface area contributed by atoms with Gasteiger partial charge in [0.1, 0.15) is 67.1 Å². The molecule has 15 atom stereocenters. The first kappa shape index (κ1) is 30.5. The highest BCUT2D eigenvalue weighted by Gasteiger charge is 2.54. The molecule has 9 N–H and O–H groups in total. The lowest BCUT2D eigenvalue weighted by atomic mass is 9.94. The zero-order valence-electron chi connectivity index (χ0n) is 20.5. The summed E-state index contributed by atoms with van der Waals surface area (Å²) in [5, 5.41) is 84.2. The summed E-state index contributed by atoms with van der Waals surface area (Å²) in [7, 11) is 1.24. The fourth-order valence-corrected chi connectivity index (χ4v) is 4.67. The number of aliphatic hydroxyl groups is 8. The first-order chi connectivity index (χ1) is 17.4. The van der Waals surface area contributed by atoms with E-state index in [9.17, 15) is 45.6 Å². The van der Waals surface area contributed by atoms with Crippen LogP contribution in [0.3, 0.4) is 0 Å². The minimum absolute atomic E-state index is 0.618. The summed E-state index contributed by atoms with van der Waals surface area (Å²) in [6, 6.07) is -1.39. The first-order valence-corrected chi connectivity index (χ1v) is 11.8. The fraction of sp³-hybridized carbons (Fsp3) is 0.952. The van der Waals surface area contributed by atoms with Crippen LogP contribution in [0.25, 0.3) is 0 Å². The molecule has 3 aliphatic rings. The Morgan fingerprint density at radius 2 is 1.30 bits per heavy atom. The van der Waals surface area contributed by atoms with Gasteiger partial charge in [0.05, 0.1) is 19.3 Å². The van der Waals surface area contributed by atoms with E-state index in [0.717, 1.165) is 6.92 Å². The Bertz CT molecular complexity index is 745. The lowest BCUT2D eigenvalue weighted by molar-refractivity contribution is -0.371. The lowest BCUT2D eigenvalue weighted by Gasteiger charge is -2.49. The molecule has 1 amide bonds. The van der Waals surface area contributed by atoms with Crippen LogP contribution < -0.4 is 5.32 Å². The van der Waals surface area contributed by atoms with E-state index >= 15 is 0 Å². The van der Waals surface area contributed by atoms with Crippen molar-refractivity contribution in [2.24, 2.45) is 0 Å². The molecule has 0 radical (unpaired) electrons. The number of nitrogens with one attached hydrogen (secondary N) is 1. The molecule has 16 nitrogen and oxygen atoms in total. The van der Waals surface area contributed by atoms with Crippen molar-refractivity contribution < 1.29 is 74.1 Å². The second-order valence-corrected chi connectivity index (χ2v) is 9.26. The van der Waals surface area contributed by atoms with Crippen LogP contribution >= 0.6 is 0 Å². The summed E-state index contributed by atoms with van der Waals surface area (Å²) in [6.45, 7) is 1.20. The monoisotopic (exact) mass is 543 g/mol. The number of rotatable bonds is 8. The second kappa shape index (κ2) is 12.8.